The summed E-state index contributed by atoms with van der Waals surface area (Å²) in [6.07, 6.45) is 21.0. The molecule has 0 saturated heterocycles. The van der Waals surface area contributed by atoms with Gasteiger partial charge in [0.15, 0.2) is 5.78 Å². The molecule has 0 N–H and O–H groups in total. The van der Waals surface area contributed by atoms with Gasteiger partial charge in [-0.1, -0.05) is 44.6 Å². The maximum atomic E-state index is 11.7. The summed E-state index contributed by atoms with van der Waals surface area (Å²) < 4.78 is 0. The zero-order valence-electron chi connectivity index (χ0n) is 15.2. The van der Waals surface area contributed by atoms with Gasteiger partial charge in [-0.3, -0.25) is 4.79 Å². The first-order valence-corrected chi connectivity index (χ1v) is 10.5. The molecule has 2 saturated carbocycles. The van der Waals surface area contributed by atoms with E-state index in [0.717, 1.165) is 36.5 Å². The molecule has 0 aromatic heterocycles. The Morgan fingerprint density at radius 2 is 1.57 bits per heavy atom. The van der Waals surface area contributed by atoms with Crippen LogP contribution in [0.4, 0.5) is 0 Å². The van der Waals surface area contributed by atoms with Crippen LogP contribution >= 0.6 is 0 Å². The second-order valence-corrected chi connectivity index (χ2v) is 8.57. The SMILES string of the molecule is CCCCC1CCC(C2CCC(C3=CC(=O)CCC3)CC2)CC1. The fourth-order valence-electron chi connectivity index (χ4n) is 5.54. The average molecular weight is 317 g/mol. The van der Waals surface area contributed by atoms with Gasteiger partial charge in [0.2, 0.25) is 0 Å². The minimum atomic E-state index is 0.388. The van der Waals surface area contributed by atoms with Crippen LogP contribution in [0.3, 0.4) is 0 Å². The van der Waals surface area contributed by atoms with Gasteiger partial charge >= 0.3 is 0 Å². The van der Waals surface area contributed by atoms with E-state index in [-0.39, 0.29) is 0 Å². The minimum absolute atomic E-state index is 0.388. The lowest BCUT2D eigenvalue weighted by molar-refractivity contribution is -0.115. The zero-order chi connectivity index (χ0) is 16.1. The zero-order valence-corrected chi connectivity index (χ0v) is 15.2. The van der Waals surface area contributed by atoms with E-state index in [0.29, 0.717) is 5.78 Å². The maximum Gasteiger partial charge on any atom is 0.155 e. The molecular weight excluding hydrogens is 280 g/mol. The highest BCUT2D eigenvalue weighted by atomic mass is 16.1. The van der Waals surface area contributed by atoms with Crippen LogP contribution in [0, 0.1) is 23.7 Å². The third-order valence-electron chi connectivity index (χ3n) is 7.06. The molecule has 23 heavy (non-hydrogen) atoms. The van der Waals surface area contributed by atoms with Gasteiger partial charge in [0.25, 0.3) is 0 Å². The molecule has 3 rings (SSSR count). The molecule has 2 fully saturated rings. The van der Waals surface area contributed by atoms with Crippen LogP contribution < -0.4 is 0 Å². The molecule has 0 unspecified atom stereocenters. The highest BCUT2D eigenvalue weighted by Gasteiger charge is 2.32. The average Bonchev–Trinajstić information content (AvgIpc) is 2.61. The van der Waals surface area contributed by atoms with Crippen LogP contribution in [0.1, 0.15) is 96.8 Å². The fourth-order valence-corrected chi connectivity index (χ4v) is 5.54. The van der Waals surface area contributed by atoms with E-state index < -0.39 is 0 Å². The fraction of sp³-hybridized carbons (Fsp3) is 0.864. The number of rotatable bonds is 5. The van der Waals surface area contributed by atoms with Crippen LogP contribution in [-0.2, 0) is 4.79 Å². The number of allylic oxidation sites excluding steroid dienone is 2. The monoisotopic (exact) mass is 316 g/mol. The molecule has 0 spiro atoms. The van der Waals surface area contributed by atoms with Gasteiger partial charge in [0.1, 0.15) is 0 Å². The number of hydrogen-bond donors (Lipinski definition) is 0. The Morgan fingerprint density at radius 3 is 2.17 bits per heavy atom. The van der Waals surface area contributed by atoms with Crippen molar-refractivity contribution in [2.45, 2.75) is 96.8 Å². The molecule has 0 atom stereocenters. The smallest absolute Gasteiger partial charge is 0.155 e. The van der Waals surface area contributed by atoms with E-state index >= 15 is 0 Å². The Bertz CT molecular complexity index is 406. The molecule has 3 aliphatic rings. The molecule has 1 heteroatoms. The first-order valence-electron chi connectivity index (χ1n) is 10.5. The van der Waals surface area contributed by atoms with Crippen molar-refractivity contribution in [3.05, 3.63) is 11.6 Å². The number of unbranched alkanes of at least 4 members (excludes halogenated alkanes) is 1. The van der Waals surface area contributed by atoms with Gasteiger partial charge in [-0.05, 0) is 81.1 Å². The lowest BCUT2D eigenvalue weighted by atomic mass is 9.67. The Kier molecular flexibility index (Phi) is 6.36. The molecule has 0 radical (unpaired) electrons. The summed E-state index contributed by atoms with van der Waals surface area (Å²) >= 11 is 0. The van der Waals surface area contributed by atoms with E-state index in [2.05, 4.69) is 6.92 Å². The highest BCUT2D eigenvalue weighted by Crippen LogP contribution is 2.44. The molecule has 1 nitrogen and oxygen atoms in total. The minimum Gasteiger partial charge on any atom is -0.295 e. The first-order chi connectivity index (χ1) is 11.3. The summed E-state index contributed by atoms with van der Waals surface area (Å²) in [5.41, 5.74) is 1.50. The lowest BCUT2D eigenvalue weighted by Gasteiger charge is -2.38. The van der Waals surface area contributed by atoms with Gasteiger partial charge in [-0.25, -0.2) is 0 Å². The number of carbonyl (C=O) groups is 1. The summed E-state index contributed by atoms with van der Waals surface area (Å²) in [5.74, 6) is 4.20. The Balaban J connectivity index is 1.42. The van der Waals surface area contributed by atoms with Gasteiger partial charge in [-0.15, -0.1) is 0 Å². The Hall–Kier alpha value is -0.590. The van der Waals surface area contributed by atoms with Crippen molar-refractivity contribution in [2.24, 2.45) is 23.7 Å². The van der Waals surface area contributed by atoms with Gasteiger partial charge in [0, 0.05) is 6.42 Å². The van der Waals surface area contributed by atoms with E-state index in [1.54, 1.807) is 0 Å². The van der Waals surface area contributed by atoms with Crippen molar-refractivity contribution in [3.8, 4) is 0 Å². The number of hydrogen-bond acceptors (Lipinski definition) is 1. The largest absolute Gasteiger partial charge is 0.295 e. The van der Waals surface area contributed by atoms with Crippen LogP contribution in [0.15, 0.2) is 11.6 Å². The summed E-state index contributed by atoms with van der Waals surface area (Å²) in [7, 11) is 0. The summed E-state index contributed by atoms with van der Waals surface area (Å²) in [6, 6.07) is 0. The van der Waals surface area contributed by atoms with Crippen LogP contribution in [-0.4, -0.2) is 5.78 Å². The van der Waals surface area contributed by atoms with Crippen molar-refractivity contribution >= 4 is 5.78 Å². The molecule has 3 aliphatic carbocycles. The second kappa shape index (κ2) is 8.49. The Labute approximate surface area is 143 Å². The van der Waals surface area contributed by atoms with Crippen LogP contribution in [0.2, 0.25) is 0 Å². The first kappa shape index (κ1) is 17.2. The van der Waals surface area contributed by atoms with Gasteiger partial charge in [0.05, 0.1) is 0 Å². The van der Waals surface area contributed by atoms with E-state index in [4.69, 9.17) is 0 Å². The number of ketones is 1. The van der Waals surface area contributed by atoms with Crippen LogP contribution in [0.25, 0.3) is 0 Å². The molecule has 0 amide bonds. The van der Waals surface area contributed by atoms with Crippen molar-refractivity contribution in [1.29, 1.82) is 0 Å². The molecule has 0 aromatic carbocycles. The van der Waals surface area contributed by atoms with Crippen molar-refractivity contribution in [3.63, 3.8) is 0 Å². The maximum absolute atomic E-state index is 11.7. The normalized spacial score (nSPS) is 35.9. The van der Waals surface area contributed by atoms with Crippen molar-refractivity contribution < 1.29 is 4.79 Å². The molecular formula is C22H36O. The lowest BCUT2D eigenvalue weighted by Crippen LogP contribution is -2.26. The third-order valence-corrected chi connectivity index (χ3v) is 7.06. The quantitative estimate of drug-likeness (QED) is 0.568. The summed E-state index contributed by atoms with van der Waals surface area (Å²) in [4.78, 5) is 11.7. The third kappa shape index (κ3) is 4.70. The summed E-state index contributed by atoms with van der Waals surface area (Å²) in [6.45, 7) is 2.32. The highest BCUT2D eigenvalue weighted by molar-refractivity contribution is 5.91. The molecule has 0 aromatic rings. The molecule has 130 valence electrons. The van der Waals surface area contributed by atoms with Gasteiger partial charge in [-0.2, -0.15) is 0 Å². The second-order valence-electron chi connectivity index (χ2n) is 8.57. The predicted octanol–water partition coefficient (Wildman–Crippen LogP) is 6.47. The van der Waals surface area contributed by atoms with Crippen LogP contribution in [0.5, 0.6) is 0 Å². The van der Waals surface area contributed by atoms with E-state index in [1.165, 1.54) is 82.6 Å². The Morgan fingerprint density at radius 1 is 0.913 bits per heavy atom. The van der Waals surface area contributed by atoms with Crippen molar-refractivity contribution in [2.75, 3.05) is 0 Å². The topological polar surface area (TPSA) is 17.1 Å². The van der Waals surface area contributed by atoms with Gasteiger partial charge < -0.3 is 0 Å². The standard InChI is InChI=1S/C22H36O/c1-2-3-5-17-8-10-18(11-9-17)19-12-14-20(15-13-19)21-6-4-7-22(23)16-21/h16-20H,2-15H2,1H3. The van der Waals surface area contributed by atoms with E-state index in [1.807, 2.05) is 6.08 Å². The van der Waals surface area contributed by atoms with E-state index in [9.17, 15) is 4.79 Å². The van der Waals surface area contributed by atoms with Crippen molar-refractivity contribution in [1.82, 2.24) is 0 Å². The molecule has 0 bridgehead atoms. The predicted molar refractivity (Wildman–Crippen MR) is 97.4 cm³/mol. The molecule has 0 heterocycles. The number of carbonyl (C=O) groups excluding carboxylic acids is 1. The summed E-state index contributed by atoms with van der Waals surface area (Å²) in [5, 5.41) is 0. The molecule has 0 aliphatic heterocycles.